The molecule has 31 heavy (non-hydrogen) atoms. The van der Waals surface area contributed by atoms with Crippen LogP contribution in [0.2, 0.25) is 10.0 Å². The van der Waals surface area contributed by atoms with E-state index in [9.17, 15) is 18.0 Å². The van der Waals surface area contributed by atoms with Crippen molar-refractivity contribution < 1.29 is 18.0 Å². The summed E-state index contributed by atoms with van der Waals surface area (Å²) >= 11 is 12.0. The fourth-order valence-corrected chi connectivity index (χ4v) is 4.09. The lowest BCUT2D eigenvalue weighted by Gasteiger charge is -2.10. The molecule has 0 radical (unpaired) electrons. The van der Waals surface area contributed by atoms with Crippen LogP contribution in [0.3, 0.4) is 0 Å². The molecule has 2 aromatic rings. The van der Waals surface area contributed by atoms with Gasteiger partial charge < -0.3 is 16.0 Å². The largest absolute Gasteiger partial charge is 0.352 e. The van der Waals surface area contributed by atoms with Crippen LogP contribution in [-0.4, -0.2) is 46.2 Å². The van der Waals surface area contributed by atoms with Gasteiger partial charge in [0.25, 0.3) is 5.91 Å². The maximum absolute atomic E-state index is 12.4. The summed E-state index contributed by atoms with van der Waals surface area (Å²) in [6.07, 6.45) is 0.789. The first-order valence-electron chi connectivity index (χ1n) is 9.49. The monoisotopic (exact) mass is 486 g/mol. The number of carbonyl (C=O) groups is 2. The number of benzene rings is 2. The van der Waals surface area contributed by atoms with Crippen LogP contribution >= 0.6 is 23.2 Å². The highest BCUT2D eigenvalue weighted by atomic mass is 35.5. The van der Waals surface area contributed by atoms with E-state index in [0.29, 0.717) is 46.4 Å². The molecule has 168 valence electrons. The SMILES string of the molecule is CNC(=O)NCCCNC(=O)c1ccc(NS(=O)(=O)CCc2cccc(Cl)c2Cl)cc1. The van der Waals surface area contributed by atoms with Crippen LogP contribution in [-0.2, 0) is 16.4 Å². The first-order valence-corrected chi connectivity index (χ1v) is 11.9. The van der Waals surface area contributed by atoms with Crippen molar-refractivity contribution in [1.82, 2.24) is 16.0 Å². The number of aryl methyl sites for hydroxylation is 1. The van der Waals surface area contributed by atoms with E-state index in [2.05, 4.69) is 20.7 Å². The van der Waals surface area contributed by atoms with Crippen molar-refractivity contribution in [2.45, 2.75) is 12.8 Å². The maximum atomic E-state index is 12.4. The highest BCUT2D eigenvalue weighted by Crippen LogP contribution is 2.26. The molecular formula is C20H24Cl2N4O4S. The van der Waals surface area contributed by atoms with E-state index in [1.807, 2.05) is 0 Å². The summed E-state index contributed by atoms with van der Waals surface area (Å²) in [4.78, 5) is 23.2. The molecule has 11 heteroatoms. The van der Waals surface area contributed by atoms with Gasteiger partial charge in [0.15, 0.2) is 0 Å². The van der Waals surface area contributed by atoms with Crippen LogP contribution < -0.4 is 20.7 Å². The molecule has 0 aliphatic heterocycles. The van der Waals surface area contributed by atoms with E-state index >= 15 is 0 Å². The Balaban J connectivity index is 1.83. The molecule has 8 nitrogen and oxygen atoms in total. The topological polar surface area (TPSA) is 116 Å². The highest BCUT2D eigenvalue weighted by Gasteiger charge is 2.14. The van der Waals surface area contributed by atoms with Gasteiger partial charge in [0.2, 0.25) is 10.0 Å². The summed E-state index contributed by atoms with van der Waals surface area (Å²) < 4.78 is 27.2. The molecule has 0 heterocycles. The number of urea groups is 1. The van der Waals surface area contributed by atoms with E-state index < -0.39 is 10.0 Å². The van der Waals surface area contributed by atoms with Gasteiger partial charge in [0.05, 0.1) is 15.8 Å². The van der Waals surface area contributed by atoms with Crippen molar-refractivity contribution >= 4 is 50.9 Å². The van der Waals surface area contributed by atoms with Crippen molar-refractivity contribution in [3.63, 3.8) is 0 Å². The fourth-order valence-electron chi connectivity index (χ4n) is 2.59. The van der Waals surface area contributed by atoms with E-state index in [4.69, 9.17) is 23.2 Å². The average Bonchev–Trinajstić information content (AvgIpc) is 2.74. The molecule has 0 unspecified atom stereocenters. The molecule has 0 saturated carbocycles. The van der Waals surface area contributed by atoms with Crippen molar-refractivity contribution in [1.29, 1.82) is 0 Å². The van der Waals surface area contributed by atoms with Crippen LogP contribution in [0.4, 0.5) is 10.5 Å². The minimum Gasteiger partial charge on any atom is -0.352 e. The molecule has 0 bridgehead atoms. The summed E-state index contributed by atoms with van der Waals surface area (Å²) in [7, 11) is -2.09. The average molecular weight is 487 g/mol. The molecule has 2 rings (SSSR count). The smallest absolute Gasteiger partial charge is 0.314 e. The third-order valence-corrected chi connectivity index (χ3v) is 6.39. The zero-order valence-electron chi connectivity index (χ0n) is 16.9. The maximum Gasteiger partial charge on any atom is 0.314 e. The van der Waals surface area contributed by atoms with E-state index in [1.165, 1.54) is 31.3 Å². The zero-order chi connectivity index (χ0) is 22.9. The quantitative estimate of drug-likeness (QED) is 0.386. The first kappa shape index (κ1) is 24.8. The number of anilines is 1. The summed E-state index contributed by atoms with van der Waals surface area (Å²) in [5, 5.41) is 8.51. The lowest BCUT2D eigenvalue weighted by Crippen LogP contribution is -2.35. The second-order valence-electron chi connectivity index (χ2n) is 6.58. The van der Waals surface area contributed by atoms with E-state index in [0.717, 1.165) is 0 Å². The number of hydrogen-bond acceptors (Lipinski definition) is 4. The molecule has 0 fully saturated rings. The minimum absolute atomic E-state index is 0.167. The molecule has 0 saturated heterocycles. The second kappa shape index (κ2) is 11.8. The standard InChI is InChI=1S/C20H24Cl2N4O4S/c1-23-20(28)25-12-3-11-24-19(27)15-6-8-16(9-7-15)26-31(29,30)13-10-14-4-2-5-17(21)18(14)22/h2,4-9,26H,3,10-13H2,1H3,(H,24,27)(H2,23,25,28). The number of sulfonamides is 1. The Morgan fingerprint density at radius 3 is 2.32 bits per heavy atom. The van der Waals surface area contributed by atoms with Gasteiger partial charge in [-0.3, -0.25) is 9.52 Å². The molecular weight excluding hydrogens is 463 g/mol. The number of halogens is 2. The van der Waals surface area contributed by atoms with Crippen molar-refractivity contribution in [2.75, 3.05) is 30.6 Å². The molecule has 0 aliphatic rings. The van der Waals surface area contributed by atoms with E-state index in [-0.39, 0.29) is 24.1 Å². The van der Waals surface area contributed by atoms with Crippen molar-refractivity contribution in [2.24, 2.45) is 0 Å². The Morgan fingerprint density at radius 2 is 1.65 bits per heavy atom. The summed E-state index contributed by atoms with van der Waals surface area (Å²) in [6.45, 7) is 0.824. The molecule has 0 aromatic heterocycles. The highest BCUT2D eigenvalue weighted by molar-refractivity contribution is 7.92. The van der Waals surface area contributed by atoms with E-state index in [1.54, 1.807) is 18.2 Å². The third kappa shape index (κ3) is 8.28. The van der Waals surface area contributed by atoms with Gasteiger partial charge in [-0.05, 0) is 48.7 Å². The van der Waals surface area contributed by atoms with Crippen LogP contribution in [0, 0.1) is 0 Å². The van der Waals surface area contributed by atoms with Crippen molar-refractivity contribution in [3.8, 4) is 0 Å². The Labute approximate surface area is 191 Å². The lowest BCUT2D eigenvalue weighted by atomic mass is 10.2. The number of hydrogen-bond donors (Lipinski definition) is 4. The Hall–Kier alpha value is -2.49. The van der Waals surface area contributed by atoms with Crippen LogP contribution in [0.1, 0.15) is 22.3 Å². The van der Waals surface area contributed by atoms with Gasteiger partial charge in [-0.2, -0.15) is 0 Å². The molecule has 2 aromatic carbocycles. The summed E-state index contributed by atoms with van der Waals surface area (Å²) in [5.74, 6) is -0.454. The number of carbonyl (C=O) groups excluding carboxylic acids is 2. The van der Waals surface area contributed by atoms with Gasteiger partial charge in [-0.25, -0.2) is 13.2 Å². The van der Waals surface area contributed by atoms with Crippen molar-refractivity contribution in [3.05, 3.63) is 63.6 Å². The van der Waals surface area contributed by atoms with Gasteiger partial charge in [-0.15, -0.1) is 0 Å². The third-order valence-electron chi connectivity index (χ3n) is 4.24. The van der Waals surface area contributed by atoms with Gasteiger partial charge >= 0.3 is 6.03 Å². The van der Waals surface area contributed by atoms with Gasteiger partial charge in [-0.1, -0.05) is 35.3 Å². The van der Waals surface area contributed by atoms with Gasteiger partial charge in [0, 0.05) is 31.4 Å². The molecule has 0 atom stereocenters. The predicted molar refractivity (Wildman–Crippen MR) is 123 cm³/mol. The zero-order valence-corrected chi connectivity index (χ0v) is 19.2. The molecule has 3 amide bonds. The van der Waals surface area contributed by atoms with Crippen LogP contribution in [0.25, 0.3) is 0 Å². The fraction of sp³-hybridized carbons (Fsp3) is 0.300. The molecule has 0 aliphatic carbocycles. The van der Waals surface area contributed by atoms with Gasteiger partial charge in [0.1, 0.15) is 0 Å². The Kier molecular flexibility index (Phi) is 9.42. The summed E-state index contributed by atoms with van der Waals surface area (Å²) in [6, 6.07) is 10.9. The molecule has 0 spiro atoms. The number of amides is 3. The summed E-state index contributed by atoms with van der Waals surface area (Å²) in [5.41, 5.74) is 1.40. The minimum atomic E-state index is -3.62. The van der Waals surface area contributed by atoms with Crippen LogP contribution in [0.5, 0.6) is 0 Å². The van der Waals surface area contributed by atoms with Crippen LogP contribution in [0.15, 0.2) is 42.5 Å². The lowest BCUT2D eigenvalue weighted by molar-refractivity contribution is 0.0953. The first-order chi connectivity index (χ1) is 14.7. The Bertz CT molecular complexity index is 1010. The number of nitrogens with one attached hydrogen (secondary N) is 4. The predicted octanol–water partition coefficient (Wildman–Crippen LogP) is 3.03. The number of rotatable bonds is 10. The second-order valence-corrected chi connectivity index (χ2v) is 9.20. The molecule has 4 N–H and O–H groups in total. The normalized spacial score (nSPS) is 10.9. The Morgan fingerprint density at radius 1 is 0.968 bits per heavy atom.